The summed E-state index contributed by atoms with van der Waals surface area (Å²) in [5.41, 5.74) is 6.29. The van der Waals surface area contributed by atoms with E-state index in [2.05, 4.69) is 5.16 Å². The van der Waals surface area contributed by atoms with Gasteiger partial charge in [0.15, 0.2) is 5.84 Å². The highest BCUT2D eigenvalue weighted by molar-refractivity contribution is 7.99. The molecular formula is C12H18N2O3S. The molecule has 100 valence electrons. The Morgan fingerprint density at radius 1 is 1.50 bits per heavy atom. The Bertz CT molecular complexity index is 410. The van der Waals surface area contributed by atoms with Gasteiger partial charge >= 0.3 is 0 Å². The van der Waals surface area contributed by atoms with Crippen LogP contribution in [0.15, 0.2) is 28.3 Å². The molecule has 0 fully saturated rings. The number of aliphatic hydroxyl groups is 1. The highest BCUT2D eigenvalue weighted by Gasteiger charge is 2.14. The molecule has 0 saturated carbocycles. The number of aliphatic hydroxyl groups excluding tert-OH is 1. The monoisotopic (exact) mass is 270 g/mol. The second-order valence-corrected chi connectivity index (χ2v) is 4.78. The van der Waals surface area contributed by atoms with Crippen molar-refractivity contribution < 1.29 is 15.1 Å². The quantitative estimate of drug-likeness (QED) is 0.175. The Labute approximate surface area is 111 Å². The second-order valence-electron chi connectivity index (χ2n) is 3.47. The van der Waals surface area contributed by atoms with Crippen LogP contribution in [0.1, 0.15) is 18.9 Å². The van der Waals surface area contributed by atoms with Crippen molar-refractivity contribution in [3.63, 3.8) is 0 Å². The summed E-state index contributed by atoms with van der Waals surface area (Å²) < 4.78 is 5.54. The summed E-state index contributed by atoms with van der Waals surface area (Å²) in [6.07, 6.45) is 0.542. The van der Waals surface area contributed by atoms with Crippen molar-refractivity contribution in [1.29, 1.82) is 0 Å². The lowest BCUT2D eigenvalue weighted by molar-refractivity contribution is 0.233. The van der Waals surface area contributed by atoms with Crippen LogP contribution >= 0.6 is 11.8 Å². The van der Waals surface area contributed by atoms with Crippen LogP contribution in [-0.4, -0.2) is 35.1 Å². The van der Waals surface area contributed by atoms with E-state index in [0.29, 0.717) is 24.3 Å². The zero-order valence-corrected chi connectivity index (χ0v) is 11.1. The van der Waals surface area contributed by atoms with Crippen LogP contribution in [0.4, 0.5) is 0 Å². The highest BCUT2D eigenvalue weighted by Crippen LogP contribution is 2.30. The maximum absolute atomic E-state index is 8.84. The number of hydrogen-bond donors (Lipinski definition) is 3. The molecule has 1 aromatic rings. The fraction of sp³-hybridized carbons (Fsp3) is 0.417. The van der Waals surface area contributed by atoms with Gasteiger partial charge in [-0.3, -0.25) is 0 Å². The van der Waals surface area contributed by atoms with Gasteiger partial charge in [-0.25, -0.2) is 0 Å². The summed E-state index contributed by atoms with van der Waals surface area (Å²) in [4.78, 5) is 0.911. The Morgan fingerprint density at radius 3 is 2.89 bits per heavy atom. The zero-order chi connectivity index (χ0) is 13.4. The predicted molar refractivity (Wildman–Crippen MR) is 72.5 cm³/mol. The van der Waals surface area contributed by atoms with E-state index >= 15 is 0 Å². The minimum Gasteiger partial charge on any atom is -0.493 e. The first kappa shape index (κ1) is 14.7. The van der Waals surface area contributed by atoms with E-state index in [-0.39, 0.29) is 12.4 Å². The summed E-state index contributed by atoms with van der Waals surface area (Å²) in [7, 11) is 0. The average Bonchev–Trinajstić information content (AvgIpc) is 2.39. The molecule has 0 unspecified atom stereocenters. The predicted octanol–water partition coefficient (Wildman–Crippen LogP) is 1.65. The molecule has 18 heavy (non-hydrogen) atoms. The molecule has 0 radical (unpaired) electrons. The Kier molecular flexibility index (Phi) is 6.38. The first-order valence-electron chi connectivity index (χ1n) is 5.72. The van der Waals surface area contributed by atoms with E-state index in [1.807, 2.05) is 19.1 Å². The van der Waals surface area contributed by atoms with E-state index in [0.717, 1.165) is 10.6 Å². The van der Waals surface area contributed by atoms with Crippen LogP contribution in [0.2, 0.25) is 0 Å². The molecule has 0 bridgehead atoms. The molecule has 0 spiro atoms. The van der Waals surface area contributed by atoms with Crippen molar-refractivity contribution in [2.45, 2.75) is 18.2 Å². The van der Waals surface area contributed by atoms with Crippen molar-refractivity contribution in [3.05, 3.63) is 23.8 Å². The fourth-order valence-corrected chi connectivity index (χ4v) is 2.29. The van der Waals surface area contributed by atoms with Crippen molar-refractivity contribution in [1.82, 2.24) is 0 Å². The van der Waals surface area contributed by atoms with E-state index in [4.69, 9.17) is 20.8 Å². The number of benzene rings is 1. The van der Waals surface area contributed by atoms with Gasteiger partial charge in [0.1, 0.15) is 5.75 Å². The molecule has 0 atom stereocenters. The molecular weight excluding hydrogens is 252 g/mol. The largest absolute Gasteiger partial charge is 0.493 e. The van der Waals surface area contributed by atoms with Gasteiger partial charge in [-0.05, 0) is 17.9 Å². The van der Waals surface area contributed by atoms with Gasteiger partial charge in [-0.1, -0.05) is 18.1 Å². The van der Waals surface area contributed by atoms with Gasteiger partial charge in [-0.2, -0.15) is 0 Å². The molecule has 0 aromatic heterocycles. The maximum atomic E-state index is 8.84. The smallest absolute Gasteiger partial charge is 0.174 e. The van der Waals surface area contributed by atoms with Gasteiger partial charge in [0.05, 0.1) is 12.2 Å². The summed E-state index contributed by atoms with van der Waals surface area (Å²) in [5.74, 6) is 1.48. The molecule has 6 heteroatoms. The maximum Gasteiger partial charge on any atom is 0.174 e. The van der Waals surface area contributed by atoms with E-state index in [1.54, 1.807) is 17.8 Å². The number of thioether (sulfide) groups is 1. The molecule has 4 N–H and O–H groups in total. The van der Waals surface area contributed by atoms with E-state index in [1.165, 1.54) is 0 Å². The van der Waals surface area contributed by atoms with Gasteiger partial charge in [0.2, 0.25) is 0 Å². The molecule has 0 aliphatic rings. The third-order valence-electron chi connectivity index (χ3n) is 2.21. The number of nitrogens with zero attached hydrogens (tertiary/aromatic N) is 1. The normalized spacial score (nSPS) is 11.6. The number of amidine groups is 1. The Hall–Kier alpha value is -1.40. The topological polar surface area (TPSA) is 88.1 Å². The molecule has 0 amide bonds. The van der Waals surface area contributed by atoms with Gasteiger partial charge < -0.3 is 20.8 Å². The number of ether oxygens (including phenoxy) is 1. The minimum atomic E-state index is 0.0329. The fourth-order valence-electron chi connectivity index (χ4n) is 1.46. The summed E-state index contributed by atoms with van der Waals surface area (Å²) in [6.45, 7) is 2.49. The molecule has 0 aliphatic heterocycles. The van der Waals surface area contributed by atoms with Gasteiger partial charge in [0.25, 0.3) is 0 Å². The molecule has 0 aliphatic carbocycles. The van der Waals surface area contributed by atoms with Crippen LogP contribution in [-0.2, 0) is 0 Å². The van der Waals surface area contributed by atoms with E-state index < -0.39 is 0 Å². The minimum absolute atomic E-state index is 0.0329. The standard InChI is InChI=1S/C12H18N2O3S/c1-2-18-10-6-3-5-9(17-8-4-7-15)11(10)12(13)14-16/h3,5-6,15-16H,2,4,7-8H2,1H3,(H2,13,14). The molecule has 0 saturated heterocycles. The molecule has 1 aromatic carbocycles. The lowest BCUT2D eigenvalue weighted by atomic mass is 10.2. The lowest BCUT2D eigenvalue weighted by Crippen LogP contribution is -2.16. The van der Waals surface area contributed by atoms with E-state index in [9.17, 15) is 0 Å². The summed E-state index contributed by atoms with van der Waals surface area (Å²) in [5, 5.41) is 20.6. The second kappa shape index (κ2) is 7.84. The van der Waals surface area contributed by atoms with Crippen molar-refractivity contribution >= 4 is 17.6 Å². The molecule has 1 rings (SSSR count). The molecule has 5 nitrogen and oxygen atoms in total. The van der Waals surface area contributed by atoms with Crippen LogP contribution in [0, 0.1) is 0 Å². The molecule has 0 heterocycles. The van der Waals surface area contributed by atoms with Crippen LogP contribution in [0.5, 0.6) is 5.75 Å². The highest BCUT2D eigenvalue weighted by atomic mass is 32.2. The lowest BCUT2D eigenvalue weighted by Gasteiger charge is -2.13. The summed E-state index contributed by atoms with van der Waals surface area (Å²) >= 11 is 1.60. The van der Waals surface area contributed by atoms with Crippen molar-refractivity contribution in [2.24, 2.45) is 10.9 Å². The van der Waals surface area contributed by atoms with Crippen LogP contribution in [0.3, 0.4) is 0 Å². The Morgan fingerprint density at radius 2 is 2.28 bits per heavy atom. The Balaban J connectivity index is 3.03. The van der Waals surface area contributed by atoms with Crippen molar-refractivity contribution in [2.75, 3.05) is 19.0 Å². The van der Waals surface area contributed by atoms with Crippen LogP contribution in [0.25, 0.3) is 0 Å². The third kappa shape index (κ3) is 3.82. The number of nitrogens with two attached hydrogens (primary N) is 1. The SMILES string of the molecule is CCSc1cccc(OCCCO)c1/C(N)=N/O. The van der Waals surface area contributed by atoms with Gasteiger partial charge in [0, 0.05) is 17.9 Å². The first-order chi connectivity index (χ1) is 8.74. The zero-order valence-electron chi connectivity index (χ0n) is 10.3. The van der Waals surface area contributed by atoms with Gasteiger partial charge in [-0.15, -0.1) is 11.8 Å². The number of rotatable bonds is 7. The summed E-state index contributed by atoms with van der Waals surface area (Å²) in [6, 6.07) is 5.53. The third-order valence-corrected chi connectivity index (χ3v) is 3.15. The first-order valence-corrected chi connectivity index (χ1v) is 6.70. The number of hydrogen-bond acceptors (Lipinski definition) is 5. The average molecular weight is 270 g/mol. The van der Waals surface area contributed by atoms with Crippen LogP contribution < -0.4 is 10.5 Å². The number of oxime groups is 1. The van der Waals surface area contributed by atoms with Crippen molar-refractivity contribution in [3.8, 4) is 5.75 Å².